The van der Waals surface area contributed by atoms with Gasteiger partial charge in [0.05, 0.1) is 7.11 Å². The molecular formula is C18H17N3O. The summed E-state index contributed by atoms with van der Waals surface area (Å²) >= 11 is 0. The molecule has 1 aromatic carbocycles. The van der Waals surface area contributed by atoms with E-state index in [0.717, 1.165) is 30.4 Å². The zero-order valence-electron chi connectivity index (χ0n) is 12.5. The molecule has 0 unspecified atom stereocenters. The Balaban J connectivity index is 1.91. The molecule has 2 aromatic heterocycles. The van der Waals surface area contributed by atoms with Crippen molar-refractivity contribution < 1.29 is 4.74 Å². The van der Waals surface area contributed by atoms with Crippen molar-refractivity contribution in [2.24, 2.45) is 0 Å². The molecule has 0 spiro atoms. The third-order valence-electron chi connectivity index (χ3n) is 4.22. The average Bonchev–Trinajstić information content (AvgIpc) is 2.60. The van der Waals surface area contributed by atoms with Crippen LogP contribution >= 0.6 is 0 Å². The molecule has 1 N–H and O–H groups in total. The monoisotopic (exact) mass is 291 g/mol. The number of methoxy groups -OCH3 is 1. The molecule has 0 saturated heterocycles. The van der Waals surface area contributed by atoms with Gasteiger partial charge in [0.1, 0.15) is 5.52 Å². The first-order valence-electron chi connectivity index (χ1n) is 7.47. The number of pyridine rings is 2. The van der Waals surface area contributed by atoms with E-state index in [9.17, 15) is 0 Å². The highest BCUT2D eigenvalue weighted by Crippen LogP contribution is 2.32. The Hall–Kier alpha value is -2.46. The normalized spacial score (nSPS) is 13.9. The van der Waals surface area contributed by atoms with Gasteiger partial charge in [0, 0.05) is 24.3 Å². The minimum atomic E-state index is 0.568. The molecule has 1 aliphatic rings. The molecule has 4 nitrogen and oxygen atoms in total. The zero-order chi connectivity index (χ0) is 14.9. The summed E-state index contributed by atoms with van der Waals surface area (Å²) in [5, 5.41) is 4.50. The number of ether oxygens (including phenoxy) is 1. The van der Waals surface area contributed by atoms with Crippen LogP contribution < -0.4 is 10.1 Å². The maximum absolute atomic E-state index is 5.33. The first-order chi connectivity index (χ1) is 10.9. The Labute approximate surface area is 129 Å². The standard InChI is InChI=1S/C18H17N3O/c1-22-18-17-16(6-9-21-18)15(5-8-20-17)13-3-2-12-4-7-19-11-14(12)10-13/h2-3,5-6,8-10,19H,4,7,11H2,1H3. The number of aromatic nitrogens is 2. The molecule has 0 fully saturated rings. The van der Waals surface area contributed by atoms with E-state index in [-0.39, 0.29) is 0 Å². The van der Waals surface area contributed by atoms with Gasteiger partial charge in [-0.05, 0) is 53.4 Å². The van der Waals surface area contributed by atoms with Crippen molar-refractivity contribution >= 4 is 10.9 Å². The van der Waals surface area contributed by atoms with E-state index < -0.39 is 0 Å². The number of hydrogen-bond donors (Lipinski definition) is 1. The van der Waals surface area contributed by atoms with Gasteiger partial charge in [-0.1, -0.05) is 12.1 Å². The summed E-state index contributed by atoms with van der Waals surface area (Å²) in [6.07, 6.45) is 4.69. The molecule has 0 radical (unpaired) electrons. The first kappa shape index (κ1) is 13.2. The number of nitrogens with one attached hydrogen (secondary N) is 1. The van der Waals surface area contributed by atoms with Gasteiger partial charge in [-0.25, -0.2) is 4.98 Å². The lowest BCUT2D eigenvalue weighted by Gasteiger charge is -2.18. The van der Waals surface area contributed by atoms with Crippen molar-refractivity contribution in [3.63, 3.8) is 0 Å². The van der Waals surface area contributed by atoms with Gasteiger partial charge in [0.25, 0.3) is 0 Å². The van der Waals surface area contributed by atoms with E-state index in [1.807, 2.05) is 12.3 Å². The van der Waals surface area contributed by atoms with Gasteiger partial charge in [-0.15, -0.1) is 0 Å². The second kappa shape index (κ2) is 5.39. The number of fused-ring (bicyclic) bond motifs is 2. The van der Waals surface area contributed by atoms with Gasteiger partial charge in [-0.2, -0.15) is 0 Å². The molecule has 4 heteroatoms. The average molecular weight is 291 g/mol. The van der Waals surface area contributed by atoms with Gasteiger partial charge in [-0.3, -0.25) is 4.98 Å². The van der Waals surface area contributed by atoms with Gasteiger partial charge < -0.3 is 10.1 Å². The Morgan fingerprint density at radius 1 is 1.05 bits per heavy atom. The third-order valence-corrected chi connectivity index (χ3v) is 4.22. The summed E-state index contributed by atoms with van der Waals surface area (Å²) in [7, 11) is 1.63. The lowest BCUT2D eigenvalue weighted by Crippen LogP contribution is -2.23. The molecule has 3 heterocycles. The minimum absolute atomic E-state index is 0.568. The molecule has 110 valence electrons. The summed E-state index contributed by atoms with van der Waals surface area (Å²) in [4.78, 5) is 8.66. The number of hydrogen-bond acceptors (Lipinski definition) is 4. The molecule has 0 atom stereocenters. The van der Waals surface area contributed by atoms with E-state index in [2.05, 4.69) is 39.6 Å². The second-order valence-corrected chi connectivity index (χ2v) is 5.49. The predicted octanol–water partition coefficient (Wildman–Crippen LogP) is 2.95. The number of nitrogens with zero attached hydrogens (tertiary/aromatic N) is 2. The predicted molar refractivity (Wildman–Crippen MR) is 86.9 cm³/mol. The van der Waals surface area contributed by atoms with E-state index in [4.69, 9.17) is 4.74 Å². The van der Waals surface area contributed by atoms with Crippen molar-refractivity contribution in [3.8, 4) is 17.0 Å². The molecule has 1 aliphatic heterocycles. The molecule has 22 heavy (non-hydrogen) atoms. The van der Waals surface area contributed by atoms with E-state index in [1.54, 1.807) is 13.3 Å². The van der Waals surface area contributed by atoms with Crippen LogP contribution in [0.5, 0.6) is 5.88 Å². The molecule has 3 aromatic rings. The van der Waals surface area contributed by atoms with Crippen LogP contribution in [0.2, 0.25) is 0 Å². The number of rotatable bonds is 2. The Morgan fingerprint density at radius 2 is 1.95 bits per heavy atom. The molecule has 4 rings (SSSR count). The van der Waals surface area contributed by atoms with Crippen LogP contribution in [0.1, 0.15) is 11.1 Å². The first-order valence-corrected chi connectivity index (χ1v) is 7.47. The zero-order valence-corrected chi connectivity index (χ0v) is 12.5. The summed E-state index contributed by atoms with van der Waals surface area (Å²) in [5.41, 5.74) is 6.01. The molecule has 0 saturated carbocycles. The van der Waals surface area contributed by atoms with Crippen molar-refractivity contribution in [1.29, 1.82) is 0 Å². The molecule has 0 bridgehead atoms. The fraction of sp³-hybridized carbons (Fsp3) is 0.222. The fourth-order valence-electron chi connectivity index (χ4n) is 3.10. The molecule has 0 aliphatic carbocycles. The van der Waals surface area contributed by atoms with Gasteiger partial charge in [0.2, 0.25) is 5.88 Å². The molecular weight excluding hydrogens is 274 g/mol. The summed E-state index contributed by atoms with van der Waals surface area (Å²) in [6.45, 7) is 2.00. The van der Waals surface area contributed by atoms with E-state index >= 15 is 0 Å². The summed E-state index contributed by atoms with van der Waals surface area (Å²) in [6, 6.07) is 10.8. The lowest BCUT2D eigenvalue weighted by molar-refractivity contribution is 0.402. The third kappa shape index (κ3) is 2.12. The van der Waals surface area contributed by atoms with Gasteiger partial charge in [0.15, 0.2) is 0 Å². The van der Waals surface area contributed by atoms with E-state index in [1.165, 1.54) is 22.3 Å². The van der Waals surface area contributed by atoms with Crippen molar-refractivity contribution in [3.05, 3.63) is 53.9 Å². The van der Waals surface area contributed by atoms with Crippen LogP contribution in [0, 0.1) is 0 Å². The van der Waals surface area contributed by atoms with Crippen molar-refractivity contribution in [2.45, 2.75) is 13.0 Å². The highest BCUT2D eigenvalue weighted by molar-refractivity contribution is 5.96. The maximum atomic E-state index is 5.33. The van der Waals surface area contributed by atoms with Crippen molar-refractivity contribution in [2.75, 3.05) is 13.7 Å². The highest BCUT2D eigenvalue weighted by Gasteiger charge is 2.13. The Kier molecular flexibility index (Phi) is 3.24. The fourth-order valence-corrected chi connectivity index (χ4v) is 3.10. The lowest BCUT2D eigenvalue weighted by atomic mass is 9.94. The van der Waals surface area contributed by atoms with E-state index in [0.29, 0.717) is 5.88 Å². The van der Waals surface area contributed by atoms with Crippen molar-refractivity contribution in [1.82, 2.24) is 15.3 Å². The highest BCUT2D eigenvalue weighted by atomic mass is 16.5. The van der Waals surface area contributed by atoms with Crippen LogP contribution in [0.3, 0.4) is 0 Å². The minimum Gasteiger partial charge on any atom is -0.479 e. The van der Waals surface area contributed by atoms with Crippen LogP contribution in [-0.4, -0.2) is 23.6 Å². The molecule has 0 amide bonds. The Bertz CT molecular complexity index is 845. The van der Waals surface area contributed by atoms with Gasteiger partial charge >= 0.3 is 0 Å². The summed E-state index contributed by atoms with van der Waals surface area (Å²) in [5.74, 6) is 0.568. The van der Waals surface area contributed by atoms with Crippen LogP contribution in [0.15, 0.2) is 42.7 Å². The maximum Gasteiger partial charge on any atom is 0.240 e. The number of benzene rings is 1. The van der Waals surface area contributed by atoms with Crippen LogP contribution in [0.25, 0.3) is 22.0 Å². The topological polar surface area (TPSA) is 47.0 Å². The van der Waals surface area contributed by atoms with Crippen LogP contribution in [-0.2, 0) is 13.0 Å². The quantitative estimate of drug-likeness (QED) is 0.788. The Morgan fingerprint density at radius 3 is 2.86 bits per heavy atom. The smallest absolute Gasteiger partial charge is 0.240 e. The SMILES string of the molecule is COc1nccc2c(-c3ccc4c(c3)CNCC4)ccnc12. The summed E-state index contributed by atoms with van der Waals surface area (Å²) < 4.78 is 5.33. The van der Waals surface area contributed by atoms with Crippen LogP contribution in [0.4, 0.5) is 0 Å². The largest absolute Gasteiger partial charge is 0.479 e. The second-order valence-electron chi connectivity index (χ2n) is 5.49.